The Morgan fingerprint density at radius 1 is 0.696 bits per heavy atom. The summed E-state index contributed by atoms with van der Waals surface area (Å²) in [6.45, 7) is 0. The standard InChI is InChI=1S/C18H20N2O2S/c21-17(11-15-7-3-1-4-8-15)19-13-23-14-20-18(22)12-16-9-5-2-6-10-16/h1-10H,11-14H2,(H,19,21)(H,20,22). The van der Waals surface area contributed by atoms with Crippen LogP contribution in [0.4, 0.5) is 0 Å². The molecule has 2 N–H and O–H groups in total. The lowest BCUT2D eigenvalue weighted by Gasteiger charge is -2.07. The SMILES string of the molecule is O=C(Cc1ccccc1)NCSCNC(=O)Cc1ccccc1. The molecule has 120 valence electrons. The molecule has 0 saturated heterocycles. The molecule has 2 rings (SSSR count). The van der Waals surface area contributed by atoms with Crippen molar-refractivity contribution in [1.29, 1.82) is 0 Å². The number of hydrogen-bond acceptors (Lipinski definition) is 3. The molecule has 0 atom stereocenters. The Morgan fingerprint density at radius 2 is 1.09 bits per heavy atom. The Morgan fingerprint density at radius 3 is 1.48 bits per heavy atom. The summed E-state index contributed by atoms with van der Waals surface area (Å²) in [6.07, 6.45) is 0.754. The van der Waals surface area contributed by atoms with Gasteiger partial charge >= 0.3 is 0 Å². The average molecular weight is 328 g/mol. The van der Waals surface area contributed by atoms with Crippen molar-refractivity contribution in [2.45, 2.75) is 12.8 Å². The summed E-state index contributed by atoms with van der Waals surface area (Å²) in [5.74, 6) is 0.938. The number of nitrogens with one attached hydrogen (secondary N) is 2. The van der Waals surface area contributed by atoms with Crippen LogP contribution in [0, 0.1) is 0 Å². The van der Waals surface area contributed by atoms with Crippen molar-refractivity contribution in [2.75, 3.05) is 11.8 Å². The fourth-order valence-corrected chi connectivity index (χ4v) is 2.63. The van der Waals surface area contributed by atoms with E-state index in [0.29, 0.717) is 24.6 Å². The molecule has 0 spiro atoms. The van der Waals surface area contributed by atoms with Crippen LogP contribution in [0.2, 0.25) is 0 Å². The molecule has 2 aromatic rings. The molecular weight excluding hydrogens is 308 g/mol. The van der Waals surface area contributed by atoms with E-state index in [1.165, 1.54) is 11.8 Å². The maximum absolute atomic E-state index is 11.7. The Balaban J connectivity index is 1.55. The highest BCUT2D eigenvalue weighted by Gasteiger charge is 2.04. The number of thioether (sulfide) groups is 1. The van der Waals surface area contributed by atoms with Gasteiger partial charge in [0.2, 0.25) is 11.8 Å². The van der Waals surface area contributed by atoms with E-state index in [-0.39, 0.29) is 11.8 Å². The molecule has 0 aromatic heterocycles. The lowest BCUT2D eigenvalue weighted by Crippen LogP contribution is -2.28. The van der Waals surface area contributed by atoms with Crippen molar-refractivity contribution in [1.82, 2.24) is 10.6 Å². The van der Waals surface area contributed by atoms with Gasteiger partial charge in [0.25, 0.3) is 0 Å². The molecule has 23 heavy (non-hydrogen) atoms. The maximum atomic E-state index is 11.7. The zero-order valence-corrected chi connectivity index (χ0v) is 13.6. The van der Waals surface area contributed by atoms with Gasteiger partial charge in [-0.2, -0.15) is 0 Å². The van der Waals surface area contributed by atoms with E-state index in [4.69, 9.17) is 0 Å². The van der Waals surface area contributed by atoms with Gasteiger partial charge in [0, 0.05) is 0 Å². The van der Waals surface area contributed by atoms with Gasteiger partial charge in [-0.05, 0) is 11.1 Å². The molecule has 0 saturated carbocycles. The van der Waals surface area contributed by atoms with Gasteiger partial charge in [-0.15, -0.1) is 11.8 Å². The molecule has 2 amide bonds. The molecule has 0 bridgehead atoms. The number of amides is 2. The first-order valence-corrected chi connectivity index (χ1v) is 8.58. The van der Waals surface area contributed by atoms with Crippen molar-refractivity contribution in [3.63, 3.8) is 0 Å². The van der Waals surface area contributed by atoms with Gasteiger partial charge in [0.1, 0.15) is 0 Å². The summed E-state index contributed by atoms with van der Waals surface area (Å²) in [7, 11) is 0. The van der Waals surface area contributed by atoms with Gasteiger partial charge in [-0.25, -0.2) is 0 Å². The fraction of sp³-hybridized carbons (Fsp3) is 0.222. The summed E-state index contributed by atoms with van der Waals surface area (Å²) in [5, 5.41) is 5.65. The molecule has 0 heterocycles. The first-order valence-electron chi connectivity index (χ1n) is 7.43. The number of benzene rings is 2. The summed E-state index contributed by atoms with van der Waals surface area (Å²) in [6, 6.07) is 19.2. The highest BCUT2D eigenvalue weighted by Crippen LogP contribution is 2.01. The van der Waals surface area contributed by atoms with E-state index in [1.807, 2.05) is 60.7 Å². The summed E-state index contributed by atoms with van der Waals surface area (Å²) >= 11 is 1.47. The highest BCUT2D eigenvalue weighted by molar-refractivity contribution is 7.99. The molecule has 5 heteroatoms. The zero-order chi connectivity index (χ0) is 16.3. The van der Waals surface area contributed by atoms with Crippen LogP contribution in [0.1, 0.15) is 11.1 Å². The topological polar surface area (TPSA) is 58.2 Å². The van der Waals surface area contributed by atoms with Gasteiger partial charge in [0.05, 0.1) is 24.6 Å². The monoisotopic (exact) mass is 328 g/mol. The Labute approximate surface area is 140 Å². The van der Waals surface area contributed by atoms with Crippen LogP contribution in [-0.2, 0) is 22.4 Å². The van der Waals surface area contributed by atoms with Crippen molar-refractivity contribution >= 4 is 23.6 Å². The van der Waals surface area contributed by atoms with Crippen LogP contribution in [-0.4, -0.2) is 23.6 Å². The van der Waals surface area contributed by atoms with Crippen molar-refractivity contribution < 1.29 is 9.59 Å². The van der Waals surface area contributed by atoms with Crippen LogP contribution in [0.5, 0.6) is 0 Å². The molecule has 0 fully saturated rings. The largest absolute Gasteiger partial charge is 0.347 e. The van der Waals surface area contributed by atoms with Crippen LogP contribution >= 0.6 is 11.8 Å². The third-order valence-electron chi connectivity index (χ3n) is 3.16. The smallest absolute Gasteiger partial charge is 0.225 e. The first-order chi connectivity index (χ1) is 11.2. The third-order valence-corrected chi connectivity index (χ3v) is 3.85. The normalized spacial score (nSPS) is 10.1. The minimum Gasteiger partial charge on any atom is -0.347 e. The molecule has 4 nitrogen and oxygen atoms in total. The van der Waals surface area contributed by atoms with Crippen molar-refractivity contribution in [3.8, 4) is 0 Å². The highest BCUT2D eigenvalue weighted by atomic mass is 32.2. The fourth-order valence-electron chi connectivity index (χ4n) is 2.00. The van der Waals surface area contributed by atoms with E-state index in [9.17, 15) is 9.59 Å². The van der Waals surface area contributed by atoms with Gasteiger partial charge in [-0.3, -0.25) is 9.59 Å². The maximum Gasteiger partial charge on any atom is 0.225 e. The summed E-state index contributed by atoms with van der Waals surface area (Å²) in [5.41, 5.74) is 1.98. The number of hydrogen-bond donors (Lipinski definition) is 2. The van der Waals surface area contributed by atoms with E-state index < -0.39 is 0 Å². The lowest BCUT2D eigenvalue weighted by atomic mass is 10.1. The Kier molecular flexibility index (Phi) is 7.20. The average Bonchev–Trinajstić information content (AvgIpc) is 2.56. The second-order valence-electron chi connectivity index (χ2n) is 5.02. The second-order valence-corrected chi connectivity index (χ2v) is 6.00. The first kappa shape index (κ1) is 17.1. The second kappa shape index (κ2) is 9.69. The van der Waals surface area contributed by atoms with E-state index in [2.05, 4.69) is 10.6 Å². The minimum atomic E-state index is -0.0145. The quantitative estimate of drug-likeness (QED) is 0.578. The Hall–Kier alpha value is -2.27. The van der Waals surface area contributed by atoms with Gasteiger partial charge < -0.3 is 10.6 Å². The van der Waals surface area contributed by atoms with Crippen molar-refractivity contribution in [3.05, 3.63) is 71.8 Å². The van der Waals surface area contributed by atoms with Crippen LogP contribution in [0.15, 0.2) is 60.7 Å². The van der Waals surface area contributed by atoms with Crippen molar-refractivity contribution in [2.24, 2.45) is 0 Å². The van der Waals surface area contributed by atoms with Gasteiger partial charge in [0.15, 0.2) is 0 Å². The van der Waals surface area contributed by atoms with Crippen LogP contribution in [0.3, 0.4) is 0 Å². The number of carbonyl (C=O) groups excluding carboxylic acids is 2. The zero-order valence-electron chi connectivity index (χ0n) is 12.8. The molecule has 0 radical (unpaired) electrons. The Bertz CT molecular complexity index is 562. The predicted octanol–water partition coefficient (Wildman–Crippen LogP) is 2.35. The van der Waals surface area contributed by atoms with Crippen LogP contribution < -0.4 is 10.6 Å². The van der Waals surface area contributed by atoms with Crippen LogP contribution in [0.25, 0.3) is 0 Å². The van der Waals surface area contributed by atoms with E-state index in [1.54, 1.807) is 0 Å². The molecular formula is C18H20N2O2S. The lowest BCUT2D eigenvalue weighted by molar-refractivity contribution is -0.120. The van der Waals surface area contributed by atoms with E-state index >= 15 is 0 Å². The van der Waals surface area contributed by atoms with Gasteiger partial charge in [-0.1, -0.05) is 60.7 Å². The number of carbonyl (C=O) groups is 2. The molecule has 0 unspecified atom stereocenters. The molecule has 0 aliphatic heterocycles. The number of rotatable bonds is 8. The molecule has 0 aliphatic carbocycles. The third kappa shape index (κ3) is 7.02. The molecule has 2 aromatic carbocycles. The predicted molar refractivity (Wildman–Crippen MR) is 93.9 cm³/mol. The summed E-state index contributed by atoms with van der Waals surface area (Å²) in [4.78, 5) is 23.5. The van der Waals surface area contributed by atoms with E-state index in [0.717, 1.165) is 11.1 Å². The summed E-state index contributed by atoms with van der Waals surface area (Å²) < 4.78 is 0. The minimum absolute atomic E-state index is 0.0145. The molecule has 0 aliphatic rings.